The van der Waals surface area contributed by atoms with Crippen molar-refractivity contribution in [3.05, 3.63) is 0 Å². The summed E-state index contributed by atoms with van der Waals surface area (Å²) >= 11 is 2.33. The fourth-order valence-electron chi connectivity index (χ4n) is 1.89. The molecule has 0 spiro atoms. The second kappa shape index (κ2) is 6.22. The maximum Gasteiger partial charge on any atom is 0.223 e. The number of nitrogens with zero attached hydrogens (tertiary/aromatic N) is 1. The lowest BCUT2D eigenvalue weighted by Gasteiger charge is -2.38. The topological polar surface area (TPSA) is 29.5 Å². The van der Waals surface area contributed by atoms with Gasteiger partial charge in [0.1, 0.15) is 0 Å². The zero-order valence-corrected chi connectivity index (χ0v) is 15.4. The summed E-state index contributed by atoms with van der Waals surface area (Å²) in [5, 5.41) is 0.240. The lowest BCUT2D eigenvalue weighted by Crippen LogP contribution is -2.45. The molecule has 1 atom stereocenters. The summed E-state index contributed by atoms with van der Waals surface area (Å²) in [5.74, 6) is 0.301. The Hall–Kier alpha value is 0.377. The number of amides is 1. The largest absolute Gasteiger partial charge is 0.415 e. The molecule has 0 bridgehead atoms. The molecule has 0 unspecified atom stereocenters. The normalized spacial score (nSPS) is 21.8. The Labute approximate surface area is 126 Å². The van der Waals surface area contributed by atoms with Gasteiger partial charge in [0.05, 0.1) is 12.6 Å². The first kappa shape index (κ1) is 16.4. The Morgan fingerprint density at radius 1 is 1.44 bits per heavy atom. The number of rotatable bonds is 5. The minimum absolute atomic E-state index is 0.240. The summed E-state index contributed by atoms with van der Waals surface area (Å²) < 4.78 is 7.25. The Bertz CT molecular complexity index is 302. The van der Waals surface area contributed by atoms with Gasteiger partial charge in [0, 0.05) is 17.4 Å². The number of hydrogen-bond donors (Lipinski definition) is 0. The molecule has 0 radical (unpaired) electrons. The van der Waals surface area contributed by atoms with Gasteiger partial charge < -0.3 is 9.33 Å². The molecule has 0 aromatic heterocycles. The second-order valence-electron chi connectivity index (χ2n) is 6.54. The summed E-state index contributed by atoms with van der Waals surface area (Å²) in [6.07, 6.45) is 1.66. The Morgan fingerprint density at radius 3 is 2.56 bits per heavy atom. The van der Waals surface area contributed by atoms with Crippen molar-refractivity contribution in [2.24, 2.45) is 0 Å². The Morgan fingerprint density at radius 2 is 2.06 bits per heavy atom. The molecule has 0 aliphatic carbocycles. The van der Waals surface area contributed by atoms with E-state index in [2.05, 4.69) is 56.5 Å². The molecule has 18 heavy (non-hydrogen) atoms. The standard InChI is InChI=1S/C13H26INO2Si/c1-13(2,3)18(4,5)17-10-11-6-7-12(16)15(11)9-8-14/h11H,6-10H2,1-5H3/t11-/m1/s1. The number of hydrogen-bond acceptors (Lipinski definition) is 2. The quantitative estimate of drug-likeness (QED) is 0.414. The van der Waals surface area contributed by atoms with Crippen LogP contribution in [0.5, 0.6) is 0 Å². The van der Waals surface area contributed by atoms with Gasteiger partial charge in [-0.3, -0.25) is 4.79 Å². The van der Waals surface area contributed by atoms with Crippen molar-refractivity contribution >= 4 is 36.8 Å². The van der Waals surface area contributed by atoms with E-state index in [0.717, 1.165) is 24.0 Å². The molecule has 0 N–H and O–H groups in total. The van der Waals surface area contributed by atoms with E-state index in [1.807, 2.05) is 4.90 Å². The Kier molecular flexibility index (Phi) is 5.68. The van der Waals surface area contributed by atoms with Gasteiger partial charge >= 0.3 is 0 Å². The van der Waals surface area contributed by atoms with Crippen LogP contribution in [0.2, 0.25) is 18.1 Å². The minimum Gasteiger partial charge on any atom is -0.415 e. The average Bonchev–Trinajstić information content (AvgIpc) is 2.57. The van der Waals surface area contributed by atoms with Crippen molar-refractivity contribution < 1.29 is 9.22 Å². The number of halogens is 1. The highest BCUT2D eigenvalue weighted by atomic mass is 127. The number of alkyl halides is 1. The molecule has 5 heteroatoms. The monoisotopic (exact) mass is 383 g/mol. The molecular weight excluding hydrogens is 357 g/mol. The number of carbonyl (C=O) groups excluding carboxylic acids is 1. The third-order valence-electron chi connectivity index (χ3n) is 4.22. The molecule has 0 aromatic carbocycles. The maximum atomic E-state index is 11.8. The molecule has 0 aromatic rings. The van der Waals surface area contributed by atoms with Crippen molar-refractivity contribution in [3.8, 4) is 0 Å². The van der Waals surface area contributed by atoms with Crippen LogP contribution in [0, 0.1) is 0 Å². The molecule has 106 valence electrons. The molecule has 3 nitrogen and oxygen atoms in total. The Balaban J connectivity index is 2.55. The van der Waals surface area contributed by atoms with Gasteiger partial charge in [0.2, 0.25) is 5.91 Å². The number of carbonyl (C=O) groups is 1. The first-order chi connectivity index (χ1) is 8.19. The van der Waals surface area contributed by atoms with Crippen LogP contribution in [0.4, 0.5) is 0 Å². The van der Waals surface area contributed by atoms with Crippen molar-refractivity contribution in [1.82, 2.24) is 4.90 Å². The predicted molar refractivity (Wildman–Crippen MR) is 86.8 cm³/mol. The maximum absolute atomic E-state index is 11.8. The van der Waals surface area contributed by atoms with Crippen LogP contribution in [0.15, 0.2) is 0 Å². The SMILES string of the molecule is CC(C)(C)[Si](C)(C)OC[C@H]1CCC(=O)N1CCI. The van der Waals surface area contributed by atoms with Gasteiger partial charge in [-0.2, -0.15) is 0 Å². The van der Waals surface area contributed by atoms with Gasteiger partial charge in [0.25, 0.3) is 0 Å². The summed E-state index contributed by atoms with van der Waals surface area (Å²) in [6, 6.07) is 0.307. The van der Waals surface area contributed by atoms with Crippen LogP contribution in [-0.4, -0.2) is 42.7 Å². The van der Waals surface area contributed by atoms with E-state index in [4.69, 9.17) is 4.43 Å². The third-order valence-corrected chi connectivity index (χ3v) is 9.20. The fraction of sp³-hybridized carbons (Fsp3) is 0.923. The van der Waals surface area contributed by atoms with E-state index in [1.54, 1.807) is 0 Å². The van der Waals surface area contributed by atoms with Crippen LogP contribution < -0.4 is 0 Å². The lowest BCUT2D eigenvalue weighted by molar-refractivity contribution is -0.129. The summed E-state index contributed by atoms with van der Waals surface area (Å²) in [6.45, 7) is 12.9. The van der Waals surface area contributed by atoms with E-state index in [-0.39, 0.29) is 5.04 Å². The minimum atomic E-state index is -1.69. The molecule has 1 aliphatic heterocycles. The van der Waals surface area contributed by atoms with Gasteiger partial charge in [-0.1, -0.05) is 43.4 Å². The summed E-state index contributed by atoms with van der Waals surface area (Å²) in [5.41, 5.74) is 0. The third kappa shape index (κ3) is 3.93. The van der Waals surface area contributed by atoms with Crippen molar-refractivity contribution in [1.29, 1.82) is 0 Å². The van der Waals surface area contributed by atoms with Gasteiger partial charge in [-0.25, -0.2) is 0 Å². The smallest absolute Gasteiger partial charge is 0.223 e. The van der Waals surface area contributed by atoms with E-state index in [0.29, 0.717) is 18.4 Å². The van der Waals surface area contributed by atoms with E-state index in [1.165, 1.54) is 0 Å². The van der Waals surface area contributed by atoms with E-state index in [9.17, 15) is 4.79 Å². The zero-order valence-electron chi connectivity index (χ0n) is 12.3. The zero-order chi connectivity index (χ0) is 14.0. The highest BCUT2D eigenvalue weighted by molar-refractivity contribution is 14.1. The molecule has 1 aliphatic rings. The second-order valence-corrected chi connectivity index (χ2v) is 12.4. The van der Waals surface area contributed by atoms with Crippen LogP contribution in [0.3, 0.4) is 0 Å². The molecule has 0 saturated carbocycles. The predicted octanol–water partition coefficient (Wildman–Crippen LogP) is 3.43. The van der Waals surface area contributed by atoms with Crippen molar-refractivity contribution in [2.45, 2.75) is 57.8 Å². The fourth-order valence-corrected chi connectivity index (χ4v) is 3.45. The van der Waals surface area contributed by atoms with Crippen molar-refractivity contribution in [3.63, 3.8) is 0 Å². The molecule has 1 amide bonds. The van der Waals surface area contributed by atoms with E-state index >= 15 is 0 Å². The van der Waals surface area contributed by atoms with Crippen molar-refractivity contribution in [2.75, 3.05) is 17.6 Å². The molecular formula is C13H26INO2Si. The van der Waals surface area contributed by atoms with Gasteiger partial charge in [-0.15, -0.1) is 0 Å². The molecule has 1 fully saturated rings. The first-order valence-corrected chi connectivity index (χ1v) is 11.1. The van der Waals surface area contributed by atoms with E-state index < -0.39 is 8.32 Å². The van der Waals surface area contributed by atoms with Crippen LogP contribution in [-0.2, 0) is 9.22 Å². The lowest BCUT2D eigenvalue weighted by atomic mass is 10.2. The molecule has 1 heterocycles. The molecule has 1 saturated heterocycles. The summed E-state index contributed by atoms with van der Waals surface area (Å²) in [4.78, 5) is 13.8. The van der Waals surface area contributed by atoms with Crippen LogP contribution in [0.1, 0.15) is 33.6 Å². The highest BCUT2D eigenvalue weighted by Crippen LogP contribution is 2.37. The first-order valence-electron chi connectivity index (χ1n) is 6.68. The van der Waals surface area contributed by atoms with Gasteiger partial charge in [0.15, 0.2) is 8.32 Å². The highest BCUT2D eigenvalue weighted by Gasteiger charge is 2.39. The van der Waals surface area contributed by atoms with Crippen LogP contribution >= 0.6 is 22.6 Å². The molecule has 1 rings (SSSR count). The number of likely N-dealkylation sites (tertiary alicyclic amines) is 1. The average molecular weight is 383 g/mol. The summed E-state index contributed by atoms with van der Waals surface area (Å²) in [7, 11) is -1.69. The van der Waals surface area contributed by atoms with Crippen LogP contribution in [0.25, 0.3) is 0 Å². The van der Waals surface area contributed by atoms with Gasteiger partial charge in [-0.05, 0) is 24.6 Å².